The number of hydrogen-bond acceptors (Lipinski definition) is 5. The highest BCUT2D eigenvalue weighted by Crippen LogP contribution is 2.43. The third-order valence-corrected chi connectivity index (χ3v) is 1.88. The van der Waals surface area contributed by atoms with Crippen LogP contribution in [0.3, 0.4) is 0 Å². The Balaban J connectivity index is 0.000000137. The van der Waals surface area contributed by atoms with E-state index in [9.17, 15) is 13.2 Å². The molecule has 0 aromatic rings. The maximum Gasteiger partial charge on any atom is 0.437 e. The monoisotopic (exact) mass is 249 g/mol. The van der Waals surface area contributed by atoms with Crippen molar-refractivity contribution in [2.24, 2.45) is 25.4 Å². The van der Waals surface area contributed by atoms with Crippen LogP contribution in [0.1, 0.15) is 27.7 Å². The molecule has 0 saturated carbocycles. The number of rotatable bonds is 0. The molecular weight excluding hydrogens is 235 g/mol. The lowest BCUT2D eigenvalue weighted by Crippen LogP contribution is -2.28. The van der Waals surface area contributed by atoms with Gasteiger partial charge in [0.2, 0.25) is 0 Å². The van der Waals surface area contributed by atoms with Gasteiger partial charge in [-0.3, -0.25) is 4.99 Å². The zero-order valence-electron chi connectivity index (χ0n) is 10.0. The maximum atomic E-state index is 11.4. The van der Waals surface area contributed by atoms with Gasteiger partial charge in [0.25, 0.3) is 5.66 Å². The summed E-state index contributed by atoms with van der Waals surface area (Å²) in [6.45, 7) is 6.91. The lowest BCUT2D eigenvalue weighted by Gasteiger charge is -2.06. The molecule has 0 fully saturated rings. The lowest BCUT2D eigenvalue weighted by molar-refractivity contribution is -0.158. The Hall–Kier alpha value is -1.34. The van der Waals surface area contributed by atoms with Crippen molar-refractivity contribution < 1.29 is 13.2 Å². The van der Waals surface area contributed by atoms with Gasteiger partial charge in [-0.1, -0.05) is 0 Å². The summed E-state index contributed by atoms with van der Waals surface area (Å²) < 4.78 is 34.3. The summed E-state index contributed by atoms with van der Waals surface area (Å²) in [5, 5.41) is 12.9. The van der Waals surface area contributed by atoms with Gasteiger partial charge in [-0.25, -0.2) is 0 Å². The van der Waals surface area contributed by atoms with Crippen molar-refractivity contribution in [2.45, 2.75) is 51.2 Å². The molecule has 3 aliphatic rings. The van der Waals surface area contributed by atoms with Gasteiger partial charge in [0.05, 0.1) is 6.04 Å². The van der Waals surface area contributed by atoms with Crippen molar-refractivity contribution in [1.29, 1.82) is 0 Å². The molecule has 8 heteroatoms. The second-order valence-corrected chi connectivity index (χ2v) is 4.45. The molecule has 0 bridgehead atoms. The smallest absolute Gasteiger partial charge is 0.287 e. The topological polar surface area (TPSA) is 61.8 Å². The van der Waals surface area contributed by atoms with Crippen molar-refractivity contribution in [3.05, 3.63) is 0 Å². The fraction of sp³-hybridized carbons (Fsp3) is 0.889. The molecule has 17 heavy (non-hydrogen) atoms. The highest BCUT2D eigenvalue weighted by Gasteiger charge is 2.59. The Kier molecular flexibility index (Phi) is 3.35. The molecule has 0 aromatic heterocycles. The molecule has 1 unspecified atom stereocenters. The summed E-state index contributed by atoms with van der Waals surface area (Å²) in [5.41, 5.74) is -2.06. The standard InChI is InChI=1S/C3H3F3N2.C3H6N2.C3H5N/c1-2(7-8-2)3(4,5)6;1-3(2)4-5-3;1-3-2-4-3/h1H3;1-2H3;2-3H,1H3. The second kappa shape index (κ2) is 4.15. The first-order valence-electron chi connectivity index (χ1n) is 5.04. The fourth-order valence-electron chi connectivity index (χ4n) is 0.374. The van der Waals surface area contributed by atoms with Crippen molar-refractivity contribution in [2.75, 3.05) is 0 Å². The molecule has 0 amide bonds. The van der Waals surface area contributed by atoms with Gasteiger partial charge in [0.1, 0.15) is 0 Å². The molecule has 0 spiro atoms. The van der Waals surface area contributed by atoms with Crippen LogP contribution in [0.4, 0.5) is 13.2 Å². The first-order valence-corrected chi connectivity index (χ1v) is 5.04. The largest absolute Gasteiger partial charge is 0.437 e. The molecule has 0 N–H and O–H groups in total. The third-order valence-electron chi connectivity index (χ3n) is 1.88. The molecule has 3 rings (SSSR count). The maximum absolute atomic E-state index is 11.4. The van der Waals surface area contributed by atoms with Crippen LogP contribution in [-0.2, 0) is 0 Å². The molecular formula is C9H14F3N5. The van der Waals surface area contributed by atoms with E-state index in [-0.39, 0.29) is 5.66 Å². The number of hydrogen-bond donors (Lipinski definition) is 0. The van der Waals surface area contributed by atoms with Crippen molar-refractivity contribution in [3.8, 4) is 0 Å². The zero-order chi connectivity index (χ0) is 13.3. The number of alkyl halides is 3. The first-order chi connectivity index (χ1) is 7.56. The average Bonchev–Trinajstić information content (AvgIpc) is 2.98. The van der Waals surface area contributed by atoms with Crippen LogP contribution in [0.15, 0.2) is 25.4 Å². The van der Waals surface area contributed by atoms with Crippen LogP contribution in [0.25, 0.3) is 0 Å². The highest BCUT2D eigenvalue weighted by molar-refractivity contribution is 5.76. The van der Waals surface area contributed by atoms with Crippen molar-refractivity contribution in [3.63, 3.8) is 0 Å². The molecule has 0 aliphatic carbocycles. The summed E-state index contributed by atoms with van der Waals surface area (Å²) >= 11 is 0. The lowest BCUT2D eigenvalue weighted by atomic mass is 10.3. The molecule has 0 aromatic carbocycles. The summed E-state index contributed by atoms with van der Waals surface area (Å²) in [6.07, 6.45) is -2.37. The van der Waals surface area contributed by atoms with Gasteiger partial charge in [-0.15, -0.1) is 10.2 Å². The van der Waals surface area contributed by atoms with E-state index in [0.717, 1.165) is 6.92 Å². The Morgan fingerprint density at radius 1 is 1.00 bits per heavy atom. The number of halogens is 3. The van der Waals surface area contributed by atoms with Gasteiger partial charge in [-0.2, -0.15) is 23.4 Å². The van der Waals surface area contributed by atoms with E-state index in [0.29, 0.717) is 6.04 Å². The van der Waals surface area contributed by atoms with Gasteiger partial charge in [-0.05, 0) is 27.7 Å². The van der Waals surface area contributed by atoms with Crippen LogP contribution >= 0.6 is 0 Å². The van der Waals surface area contributed by atoms with Crippen LogP contribution < -0.4 is 0 Å². The van der Waals surface area contributed by atoms with Crippen LogP contribution in [0, 0.1) is 0 Å². The van der Waals surface area contributed by atoms with Gasteiger partial charge in [0.15, 0.2) is 5.66 Å². The van der Waals surface area contributed by atoms with E-state index in [2.05, 4.69) is 32.4 Å². The van der Waals surface area contributed by atoms with Crippen molar-refractivity contribution >= 4 is 6.21 Å². The fourth-order valence-corrected chi connectivity index (χ4v) is 0.374. The molecule has 5 nitrogen and oxygen atoms in total. The average molecular weight is 249 g/mol. The second-order valence-electron chi connectivity index (χ2n) is 4.45. The van der Waals surface area contributed by atoms with E-state index in [4.69, 9.17) is 0 Å². The Labute approximate surface area is 96.9 Å². The highest BCUT2D eigenvalue weighted by atomic mass is 19.4. The first kappa shape index (κ1) is 13.7. The van der Waals surface area contributed by atoms with Gasteiger partial charge < -0.3 is 0 Å². The summed E-state index contributed by atoms with van der Waals surface area (Å²) in [6, 6.07) is 0.583. The quantitative estimate of drug-likeness (QED) is 0.631. The minimum atomic E-state index is -4.28. The number of nitrogens with zero attached hydrogens (tertiary/aromatic N) is 5. The zero-order valence-corrected chi connectivity index (χ0v) is 10.0. The molecule has 0 saturated heterocycles. The SMILES string of the molecule is CC1(C(F)(F)F)N=N1.CC1(C)N=N1.CC1C=N1. The Morgan fingerprint density at radius 2 is 1.29 bits per heavy atom. The minimum absolute atomic E-state index is 0. The van der Waals surface area contributed by atoms with Crippen LogP contribution in [0.5, 0.6) is 0 Å². The molecule has 96 valence electrons. The Morgan fingerprint density at radius 3 is 1.29 bits per heavy atom. The van der Waals surface area contributed by atoms with E-state index in [1.807, 2.05) is 20.1 Å². The predicted octanol–water partition coefficient (Wildman–Crippen LogP) is 3.38. The van der Waals surface area contributed by atoms with E-state index < -0.39 is 11.8 Å². The summed E-state index contributed by atoms with van der Waals surface area (Å²) in [7, 11) is 0. The number of aliphatic imine (C=N–C) groups is 1. The van der Waals surface area contributed by atoms with Crippen LogP contribution in [-0.4, -0.2) is 29.8 Å². The van der Waals surface area contributed by atoms with E-state index in [1.165, 1.54) is 0 Å². The molecule has 3 aliphatic heterocycles. The molecule has 3 heterocycles. The molecule has 0 radical (unpaired) electrons. The minimum Gasteiger partial charge on any atom is -0.287 e. The van der Waals surface area contributed by atoms with Gasteiger partial charge in [0, 0.05) is 6.21 Å². The van der Waals surface area contributed by atoms with E-state index >= 15 is 0 Å². The van der Waals surface area contributed by atoms with Crippen LogP contribution in [0.2, 0.25) is 0 Å². The predicted molar refractivity (Wildman–Crippen MR) is 56.2 cm³/mol. The normalized spacial score (nSPS) is 27.4. The van der Waals surface area contributed by atoms with E-state index in [1.54, 1.807) is 0 Å². The summed E-state index contributed by atoms with van der Waals surface area (Å²) in [5.74, 6) is 0. The third kappa shape index (κ3) is 5.50. The summed E-state index contributed by atoms with van der Waals surface area (Å²) in [4.78, 5) is 3.78. The molecule has 1 atom stereocenters. The van der Waals surface area contributed by atoms with Gasteiger partial charge >= 0.3 is 6.18 Å². The Bertz CT molecular complexity index is 346. The van der Waals surface area contributed by atoms with Crippen molar-refractivity contribution in [1.82, 2.24) is 0 Å².